The third kappa shape index (κ3) is 2.04. The molecule has 0 bridgehead atoms. The van der Waals surface area contributed by atoms with Crippen molar-refractivity contribution in [1.82, 2.24) is 4.98 Å². The number of carbonyl (C=O) groups is 1. The minimum Gasteiger partial charge on any atom is -0.465 e. The van der Waals surface area contributed by atoms with Crippen molar-refractivity contribution in [2.45, 2.75) is 0 Å². The van der Waals surface area contributed by atoms with Gasteiger partial charge in [-0.25, -0.2) is 4.79 Å². The molecule has 1 aromatic carbocycles. The maximum Gasteiger partial charge on any atom is 0.348 e. The quantitative estimate of drug-likeness (QED) is 0.485. The van der Waals surface area contributed by atoms with Crippen molar-refractivity contribution in [1.29, 1.82) is 5.26 Å². The van der Waals surface area contributed by atoms with Crippen LogP contribution in [0.5, 0.6) is 0 Å². The van der Waals surface area contributed by atoms with E-state index in [1.807, 2.05) is 30.3 Å². The Kier molecular flexibility index (Phi) is 2.93. The summed E-state index contributed by atoms with van der Waals surface area (Å²) in [6.45, 7) is 0. The highest BCUT2D eigenvalue weighted by molar-refractivity contribution is 6.00. The molecular formula is C13H10N2O2. The second-order valence-electron chi connectivity index (χ2n) is 3.45. The lowest BCUT2D eigenvalue weighted by atomic mass is 10.1. The van der Waals surface area contributed by atoms with E-state index in [0.717, 1.165) is 16.5 Å². The number of aromatic amines is 1. The van der Waals surface area contributed by atoms with Crippen LogP contribution >= 0.6 is 0 Å². The first-order valence-electron chi connectivity index (χ1n) is 5.02. The van der Waals surface area contributed by atoms with Crippen LogP contribution in [0.4, 0.5) is 0 Å². The molecule has 4 nitrogen and oxygen atoms in total. The molecule has 0 atom stereocenters. The smallest absolute Gasteiger partial charge is 0.348 e. The van der Waals surface area contributed by atoms with Crippen molar-refractivity contribution >= 4 is 22.9 Å². The zero-order valence-electron chi connectivity index (χ0n) is 9.23. The number of methoxy groups -OCH3 is 1. The van der Waals surface area contributed by atoms with Crippen LogP contribution in [0.1, 0.15) is 5.56 Å². The van der Waals surface area contributed by atoms with E-state index in [0.29, 0.717) is 0 Å². The van der Waals surface area contributed by atoms with Gasteiger partial charge in [-0.2, -0.15) is 5.26 Å². The summed E-state index contributed by atoms with van der Waals surface area (Å²) in [4.78, 5) is 14.4. The molecule has 84 valence electrons. The SMILES string of the molecule is COC(=O)C(C#N)=Cc1c[nH]c2ccccc12. The summed E-state index contributed by atoms with van der Waals surface area (Å²) >= 11 is 0. The average Bonchev–Trinajstić information content (AvgIpc) is 2.78. The lowest BCUT2D eigenvalue weighted by molar-refractivity contribution is -0.135. The lowest BCUT2D eigenvalue weighted by Gasteiger charge is -1.95. The summed E-state index contributed by atoms with van der Waals surface area (Å²) in [6.07, 6.45) is 3.27. The molecule has 1 aromatic heterocycles. The molecule has 2 aromatic rings. The zero-order chi connectivity index (χ0) is 12.3. The fraction of sp³-hybridized carbons (Fsp3) is 0.0769. The highest BCUT2D eigenvalue weighted by atomic mass is 16.5. The number of nitriles is 1. The number of rotatable bonds is 2. The second kappa shape index (κ2) is 4.54. The topological polar surface area (TPSA) is 65.9 Å². The molecule has 0 radical (unpaired) electrons. The molecule has 0 unspecified atom stereocenters. The molecule has 0 aliphatic rings. The van der Waals surface area contributed by atoms with Gasteiger partial charge in [0.2, 0.25) is 0 Å². The molecule has 0 fully saturated rings. The number of hydrogen-bond donors (Lipinski definition) is 1. The van der Waals surface area contributed by atoms with E-state index in [1.165, 1.54) is 13.2 Å². The highest BCUT2D eigenvalue weighted by Gasteiger charge is 2.10. The Labute approximate surface area is 98.1 Å². The normalized spacial score (nSPS) is 11.2. The van der Waals surface area contributed by atoms with Gasteiger partial charge in [-0.15, -0.1) is 0 Å². The van der Waals surface area contributed by atoms with E-state index in [-0.39, 0.29) is 5.57 Å². The standard InChI is InChI=1S/C13H10N2O2/c1-17-13(16)9(7-14)6-10-8-15-12-5-3-2-4-11(10)12/h2-6,8,15H,1H3. The van der Waals surface area contributed by atoms with Crippen LogP contribution < -0.4 is 0 Å². The molecule has 4 heteroatoms. The van der Waals surface area contributed by atoms with Gasteiger partial charge < -0.3 is 9.72 Å². The highest BCUT2D eigenvalue weighted by Crippen LogP contribution is 2.20. The summed E-state index contributed by atoms with van der Waals surface area (Å²) < 4.78 is 4.52. The molecule has 0 aliphatic heterocycles. The van der Waals surface area contributed by atoms with Gasteiger partial charge in [0.1, 0.15) is 11.6 Å². The Bertz CT molecular complexity index is 632. The van der Waals surface area contributed by atoms with Crippen molar-refractivity contribution in [3.8, 4) is 6.07 Å². The number of benzene rings is 1. The predicted molar refractivity (Wildman–Crippen MR) is 63.9 cm³/mol. The monoisotopic (exact) mass is 226 g/mol. The molecule has 0 aliphatic carbocycles. The van der Waals surface area contributed by atoms with E-state index in [1.54, 1.807) is 6.20 Å². The first-order valence-corrected chi connectivity index (χ1v) is 5.02. The average molecular weight is 226 g/mol. The molecule has 17 heavy (non-hydrogen) atoms. The zero-order valence-corrected chi connectivity index (χ0v) is 9.23. The van der Waals surface area contributed by atoms with Gasteiger partial charge in [0, 0.05) is 22.7 Å². The first-order chi connectivity index (χ1) is 8.26. The maximum absolute atomic E-state index is 11.3. The van der Waals surface area contributed by atoms with Gasteiger partial charge in [0.25, 0.3) is 0 Å². The van der Waals surface area contributed by atoms with Crippen molar-refractivity contribution in [2.24, 2.45) is 0 Å². The number of para-hydroxylation sites is 1. The first kappa shape index (κ1) is 11.0. The molecule has 0 saturated heterocycles. The number of nitrogens with zero attached hydrogens (tertiary/aromatic N) is 1. The molecule has 1 N–H and O–H groups in total. The van der Waals surface area contributed by atoms with Crippen molar-refractivity contribution in [2.75, 3.05) is 7.11 Å². The molecule has 1 heterocycles. The Morgan fingerprint density at radius 3 is 2.94 bits per heavy atom. The fourth-order valence-corrected chi connectivity index (χ4v) is 1.62. The Morgan fingerprint density at radius 2 is 2.24 bits per heavy atom. The number of fused-ring (bicyclic) bond motifs is 1. The summed E-state index contributed by atoms with van der Waals surface area (Å²) in [5, 5.41) is 9.83. The van der Waals surface area contributed by atoms with Gasteiger partial charge >= 0.3 is 5.97 Å². The van der Waals surface area contributed by atoms with Crippen LogP contribution in [0, 0.1) is 11.3 Å². The summed E-state index contributed by atoms with van der Waals surface area (Å²) in [7, 11) is 1.25. The predicted octanol–water partition coefficient (Wildman–Crippen LogP) is 2.25. The van der Waals surface area contributed by atoms with Crippen LogP contribution in [0.3, 0.4) is 0 Å². The molecular weight excluding hydrogens is 216 g/mol. The summed E-state index contributed by atoms with van der Waals surface area (Å²) in [5.74, 6) is -0.627. The Hall–Kier alpha value is -2.54. The van der Waals surface area contributed by atoms with E-state index < -0.39 is 5.97 Å². The van der Waals surface area contributed by atoms with Gasteiger partial charge in [0.15, 0.2) is 0 Å². The molecule has 0 saturated carbocycles. The molecule has 2 rings (SSSR count). The van der Waals surface area contributed by atoms with Crippen LogP contribution in [-0.2, 0) is 9.53 Å². The van der Waals surface area contributed by atoms with Crippen LogP contribution in [0.2, 0.25) is 0 Å². The number of ether oxygens (including phenoxy) is 1. The van der Waals surface area contributed by atoms with Crippen molar-refractivity contribution < 1.29 is 9.53 Å². The number of esters is 1. The lowest BCUT2D eigenvalue weighted by Crippen LogP contribution is -2.02. The van der Waals surface area contributed by atoms with Crippen molar-refractivity contribution in [3.05, 3.63) is 41.6 Å². The summed E-state index contributed by atoms with van der Waals surface area (Å²) in [5.41, 5.74) is 1.74. The van der Waals surface area contributed by atoms with Gasteiger partial charge in [-0.05, 0) is 12.1 Å². The number of H-pyrrole nitrogens is 1. The van der Waals surface area contributed by atoms with Crippen molar-refractivity contribution in [3.63, 3.8) is 0 Å². The van der Waals surface area contributed by atoms with E-state index in [4.69, 9.17) is 5.26 Å². The third-order valence-electron chi connectivity index (χ3n) is 2.45. The molecule has 0 spiro atoms. The van der Waals surface area contributed by atoms with E-state index in [9.17, 15) is 4.79 Å². The van der Waals surface area contributed by atoms with Gasteiger partial charge in [-0.3, -0.25) is 0 Å². The number of hydrogen-bond acceptors (Lipinski definition) is 3. The fourth-order valence-electron chi connectivity index (χ4n) is 1.62. The Morgan fingerprint density at radius 1 is 1.47 bits per heavy atom. The van der Waals surface area contributed by atoms with Crippen LogP contribution in [-0.4, -0.2) is 18.1 Å². The Balaban J connectivity index is 2.51. The van der Waals surface area contributed by atoms with Crippen LogP contribution in [0.15, 0.2) is 36.0 Å². The van der Waals surface area contributed by atoms with Crippen LogP contribution in [0.25, 0.3) is 17.0 Å². The number of nitrogens with one attached hydrogen (secondary N) is 1. The maximum atomic E-state index is 11.3. The van der Waals surface area contributed by atoms with Gasteiger partial charge in [0.05, 0.1) is 7.11 Å². The van der Waals surface area contributed by atoms with E-state index >= 15 is 0 Å². The van der Waals surface area contributed by atoms with E-state index in [2.05, 4.69) is 9.72 Å². The minimum atomic E-state index is -0.627. The minimum absolute atomic E-state index is 0.0164. The summed E-state index contributed by atoms with van der Waals surface area (Å²) in [6, 6.07) is 9.49. The third-order valence-corrected chi connectivity index (χ3v) is 2.45. The number of carbonyl (C=O) groups excluding carboxylic acids is 1. The second-order valence-corrected chi connectivity index (χ2v) is 3.45. The largest absolute Gasteiger partial charge is 0.465 e. The number of aromatic nitrogens is 1. The van der Waals surface area contributed by atoms with Gasteiger partial charge in [-0.1, -0.05) is 18.2 Å². The molecule has 0 amide bonds.